The van der Waals surface area contributed by atoms with Crippen LogP contribution in [0.3, 0.4) is 0 Å². The average molecular weight is 423 g/mol. The summed E-state index contributed by atoms with van der Waals surface area (Å²) in [5, 5.41) is 9.71. The van der Waals surface area contributed by atoms with Crippen molar-refractivity contribution in [1.29, 1.82) is 5.26 Å². The van der Waals surface area contributed by atoms with Gasteiger partial charge in [-0.1, -0.05) is 11.6 Å². The third kappa shape index (κ3) is 3.11. The third-order valence-electron chi connectivity index (χ3n) is 4.59. The average Bonchev–Trinajstić information content (AvgIpc) is 3.33. The van der Waals surface area contributed by atoms with Crippen LogP contribution >= 0.6 is 11.6 Å². The second kappa shape index (κ2) is 7.46. The number of benzene rings is 2. The van der Waals surface area contributed by atoms with Gasteiger partial charge in [-0.2, -0.15) is 5.26 Å². The predicted molar refractivity (Wildman–Crippen MR) is 111 cm³/mol. The number of ether oxygens (including phenoxy) is 2. The Kier molecular flexibility index (Phi) is 4.82. The van der Waals surface area contributed by atoms with Crippen molar-refractivity contribution in [2.45, 2.75) is 0 Å². The second-order valence-corrected chi connectivity index (χ2v) is 6.71. The quantitative estimate of drug-likeness (QED) is 0.490. The van der Waals surface area contributed by atoms with Crippen LogP contribution in [0.15, 0.2) is 47.0 Å². The van der Waals surface area contributed by atoms with Crippen LogP contribution in [0.4, 0.5) is 5.69 Å². The number of rotatable bonds is 4. The van der Waals surface area contributed by atoms with Crippen molar-refractivity contribution >= 4 is 34.4 Å². The first-order valence-electron chi connectivity index (χ1n) is 8.71. The normalized spacial score (nSPS) is 10.7. The van der Waals surface area contributed by atoms with Crippen LogP contribution in [-0.2, 0) is 4.74 Å². The standard InChI is InChI=1S/C21H15ClN4O4/c1-28-16-5-3-11(7-14(16)22)20-25-15-8-13(4-6-17(15)30-20)26-10-12(9-23)18(24)19(26)21(27)29-2/h3-8,10H,24H2,1-2H3. The number of nitrogens with two attached hydrogens (primary N) is 1. The molecule has 0 amide bonds. The molecule has 0 bridgehead atoms. The van der Waals surface area contributed by atoms with Crippen molar-refractivity contribution in [3.8, 4) is 29.0 Å². The summed E-state index contributed by atoms with van der Waals surface area (Å²) in [7, 11) is 2.79. The lowest BCUT2D eigenvalue weighted by molar-refractivity contribution is 0.0593. The van der Waals surface area contributed by atoms with Crippen LogP contribution in [-0.4, -0.2) is 29.7 Å². The van der Waals surface area contributed by atoms with E-state index in [1.54, 1.807) is 36.4 Å². The Hall–Kier alpha value is -3.96. The smallest absolute Gasteiger partial charge is 0.357 e. The Labute approximate surface area is 176 Å². The van der Waals surface area contributed by atoms with Crippen molar-refractivity contribution in [3.63, 3.8) is 0 Å². The monoisotopic (exact) mass is 422 g/mol. The number of hydrogen-bond acceptors (Lipinski definition) is 7. The summed E-state index contributed by atoms with van der Waals surface area (Å²) in [5.41, 5.74) is 8.60. The molecular weight excluding hydrogens is 408 g/mol. The number of nitriles is 1. The number of halogens is 1. The van der Waals surface area contributed by atoms with Gasteiger partial charge in [-0.25, -0.2) is 9.78 Å². The second-order valence-electron chi connectivity index (χ2n) is 6.30. The maximum absolute atomic E-state index is 12.2. The zero-order chi connectivity index (χ0) is 21.4. The number of carbonyl (C=O) groups is 1. The first-order valence-corrected chi connectivity index (χ1v) is 9.08. The summed E-state index contributed by atoms with van der Waals surface area (Å²) < 4.78 is 17.3. The van der Waals surface area contributed by atoms with Crippen LogP contribution in [0, 0.1) is 11.3 Å². The Bertz CT molecular complexity index is 1330. The summed E-state index contributed by atoms with van der Waals surface area (Å²) in [5.74, 6) is 0.278. The molecule has 0 unspecified atom stereocenters. The Morgan fingerprint density at radius 1 is 1.27 bits per heavy atom. The van der Waals surface area contributed by atoms with Crippen molar-refractivity contribution in [3.05, 3.63) is 58.9 Å². The van der Waals surface area contributed by atoms with Gasteiger partial charge in [0.15, 0.2) is 11.3 Å². The molecule has 0 spiro atoms. The number of anilines is 1. The fourth-order valence-corrected chi connectivity index (χ4v) is 3.36. The zero-order valence-electron chi connectivity index (χ0n) is 16.0. The number of esters is 1. The van der Waals surface area contributed by atoms with Gasteiger partial charge >= 0.3 is 5.97 Å². The summed E-state index contributed by atoms with van der Waals surface area (Å²) in [6, 6.07) is 12.4. The fraction of sp³-hybridized carbons (Fsp3) is 0.0952. The van der Waals surface area contributed by atoms with Gasteiger partial charge in [0.05, 0.1) is 30.5 Å². The van der Waals surface area contributed by atoms with E-state index >= 15 is 0 Å². The molecule has 0 saturated heterocycles. The zero-order valence-corrected chi connectivity index (χ0v) is 16.7. The molecule has 0 saturated carbocycles. The van der Waals surface area contributed by atoms with Gasteiger partial charge in [0.2, 0.25) is 5.89 Å². The minimum absolute atomic E-state index is 0.0539. The minimum atomic E-state index is -0.650. The SMILES string of the molecule is COC(=O)c1c(N)c(C#N)cn1-c1ccc2oc(-c3ccc(OC)c(Cl)c3)nc2c1. The number of oxazole rings is 1. The van der Waals surface area contributed by atoms with Gasteiger partial charge in [0.25, 0.3) is 0 Å². The van der Waals surface area contributed by atoms with Crippen LogP contribution in [0.2, 0.25) is 5.02 Å². The molecule has 0 aliphatic heterocycles. The van der Waals surface area contributed by atoms with Gasteiger partial charge in [0, 0.05) is 17.4 Å². The Balaban J connectivity index is 1.82. The fourth-order valence-electron chi connectivity index (χ4n) is 3.11. The van der Waals surface area contributed by atoms with Crippen LogP contribution in [0.5, 0.6) is 5.75 Å². The molecule has 2 aromatic heterocycles. The van der Waals surface area contributed by atoms with Crippen LogP contribution in [0.25, 0.3) is 28.2 Å². The molecule has 0 aliphatic carbocycles. The van der Waals surface area contributed by atoms with Crippen molar-refractivity contribution < 1.29 is 18.7 Å². The van der Waals surface area contributed by atoms with Crippen molar-refractivity contribution in [1.82, 2.24) is 9.55 Å². The van der Waals surface area contributed by atoms with E-state index in [0.29, 0.717) is 39.0 Å². The number of carbonyl (C=O) groups excluding carboxylic acids is 1. The summed E-state index contributed by atoms with van der Waals surface area (Å²) in [6.07, 6.45) is 1.48. The number of fused-ring (bicyclic) bond motifs is 1. The highest BCUT2D eigenvalue weighted by Crippen LogP contribution is 2.32. The van der Waals surface area contributed by atoms with E-state index < -0.39 is 5.97 Å². The molecule has 0 atom stereocenters. The Morgan fingerprint density at radius 3 is 2.73 bits per heavy atom. The summed E-state index contributed by atoms with van der Waals surface area (Å²) in [4.78, 5) is 16.7. The molecule has 150 valence electrons. The van der Waals surface area contributed by atoms with E-state index in [1.165, 1.54) is 25.0 Å². The summed E-state index contributed by atoms with van der Waals surface area (Å²) >= 11 is 6.20. The van der Waals surface area contributed by atoms with E-state index in [4.69, 9.17) is 31.2 Å². The van der Waals surface area contributed by atoms with Crippen molar-refractivity contribution in [2.24, 2.45) is 0 Å². The van der Waals surface area contributed by atoms with Gasteiger partial charge in [-0.15, -0.1) is 0 Å². The molecule has 4 rings (SSSR count). The number of aromatic nitrogens is 2. The third-order valence-corrected chi connectivity index (χ3v) is 4.89. The van der Waals surface area contributed by atoms with E-state index in [2.05, 4.69) is 4.98 Å². The van der Waals surface area contributed by atoms with Gasteiger partial charge < -0.3 is 24.2 Å². The van der Waals surface area contributed by atoms with Crippen LogP contribution < -0.4 is 10.5 Å². The Morgan fingerprint density at radius 2 is 2.07 bits per heavy atom. The molecule has 0 radical (unpaired) electrons. The molecule has 0 aliphatic rings. The number of hydrogen-bond donors (Lipinski definition) is 1. The first-order chi connectivity index (χ1) is 14.5. The van der Waals surface area contributed by atoms with Gasteiger partial charge in [0.1, 0.15) is 17.3 Å². The highest BCUT2D eigenvalue weighted by molar-refractivity contribution is 6.32. The van der Waals surface area contributed by atoms with E-state index in [1.807, 2.05) is 6.07 Å². The van der Waals surface area contributed by atoms with E-state index in [9.17, 15) is 10.1 Å². The molecule has 30 heavy (non-hydrogen) atoms. The molecule has 2 N–H and O–H groups in total. The van der Waals surface area contributed by atoms with E-state index in [-0.39, 0.29) is 16.9 Å². The lowest BCUT2D eigenvalue weighted by atomic mass is 10.2. The minimum Gasteiger partial charge on any atom is -0.495 e. The highest BCUT2D eigenvalue weighted by atomic mass is 35.5. The first kappa shape index (κ1) is 19.4. The van der Waals surface area contributed by atoms with Crippen molar-refractivity contribution in [2.75, 3.05) is 20.0 Å². The maximum Gasteiger partial charge on any atom is 0.357 e. The maximum atomic E-state index is 12.2. The largest absolute Gasteiger partial charge is 0.495 e. The molecular formula is C21H15ClN4O4. The predicted octanol–water partition coefficient (Wildman–Crippen LogP) is 4.19. The molecule has 4 aromatic rings. The molecule has 2 heterocycles. The lowest BCUT2D eigenvalue weighted by Gasteiger charge is -2.08. The van der Waals surface area contributed by atoms with Crippen LogP contribution in [0.1, 0.15) is 16.1 Å². The van der Waals surface area contributed by atoms with E-state index in [0.717, 1.165) is 0 Å². The topological polar surface area (TPSA) is 116 Å². The molecule has 8 nitrogen and oxygen atoms in total. The molecule has 2 aromatic carbocycles. The number of nitrogen functional groups attached to an aromatic ring is 1. The van der Waals surface area contributed by atoms with Gasteiger partial charge in [-0.05, 0) is 36.4 Å². The highest BCUT2D eigenvalue weighted by Gasteiger charge is 2.22. The van der Waals surface area contributed by atoms with Gasteiger partial charge in [-0.3, -0.25) is 0 Å². The number of methoxy groups -OCH3 is 2. The molecule has 9 heteroatoms. The number of nitrogens with zero attached hydrogens (tertiary/aromatic N) is 3. The molecule has 0 fully saturated rings. The lowest BCUT2D eigenvalue weighted by Crippen LogP contribution is -2.11. The summed E-state index contributed by atoms with van der Waals surface area (Å²) in [6.45, 7) is 0.